The number of ether oxygens (including phenoxy) is 3. The van der Waals surface area contributed by atoms with Crippen molar-refractivity contribution in [2.45, 2.75) is 169 Å². The molecule has 2 aliphatic rings. The number of aromatic nitrogens is 1. The fourth-order valence-corrected chi connectivity index (χ4v) is 11.5. The van der Waals surface area contributed by atoms with E-state index in [1.807, 2.05) is 121 Å². The summed E-state index contributed by atoms with van der Waals surface area (Å²) in [7, 11) is 6.75. The fourth-order valence-electron chi connectivity index (χ4n) is 11.5. The number of amides is 4. The first kappa shape index (κ1) is 62.1. The van der Waals surface area contributed by atoms with Crippen molar-refractivity contribution in [1.29, 1.82) is 0 Å². The molecule has 1 aromatic heterocycles. The molecule has 2 aromatic carbocycles. The van der Waals surface area contributed by atoms with Crippen molar-refractivity contribution in [2.24, 2.45) is 35.5 Å². The van der Waals surface area contributed by atoms with E-state index in [-0.39, 0.29) is 86.3 Å². The Labute approximate surface area is 456 Å². The van der Waals surface area contributed by atoms with Crippen LogP contribution >= 0.6 is 0 Å². The van der Waals surface area contributed by atoms with E-state index in [1.54, 1.807) is 31.1 Å². The number of likely N-dealkylation sites (tertiary alicyclic amines) is 1. The molecule has 9 atom stereocenters. The van der Waals surface area contributed by atoms with Gasteiger partial charge in [0.2, 0.25) is 11.8 Å². The van der Waals surface area contributed by atoms with E-state index in [0.29, 0.717) is 63.1 Å². The SMILES string of the molecule is CC[C@H](C)[C@@H]([C@@H](CC(=O)N1CCC[C@H]1[C@H](OC)[C@@H](C)C(=O)C[C@@H](Cc1c[nH]c2ccccc12)C(=O)OCc1ccccc1)OC)N(C)C(=O)[C@@H](CC(=O)[C@H](C(C)C)N(C)CCCCCC(=O)ON1C(=O)CCC1=O)C(C)C. The molecule has 0 aliphatic carbocycles. The molecule has 17 heteroatoms. The number of methoxy groups -OCH3 is 2. The number of fused-ring (bicyclic) bond motifs is 1. The van der Waals surface area contributed by atoms with Crippen LogP contribution in [0.15, 0.2) is 60.8 Å². The van der Waals surface area contributed by atoms with Crippen molar-refractivity contribution in [3.63, 3.8) is 0 Å². The first-order valence-corrected chi connectivity index (χ1v) is 27.9. The van der Waals surface area contributed by atoms with Gasteiger partial charge < -0.3 is 33.8 Å². The van der Waals surface area contributed by atoms with E-state index in [2.05, 4.69) is 4.98 Å². The number of aromatic amines is 1. The summed E-state index contributed by atoms with van der Waals surface area (Å²) in [6.07, 6.45) is 4.72. The molecule has 3 aromatic rings. The maximum absolute atomic E-state index is 14.8. The molecular weight excluding hydrogens is 983 g/mol. The van der Waals surface area contributed by atoms with Gasteiger partial charge in [0.15, 0.2) is 5.78 Å². The molecular formula is C60H87N5O12. The molecule has 3 heterocycles. The Kier molecular flexibility index (Phi) is 24.0. The first-order chi connectivity index (χ1) is 36.7. The van der Waals surface area contributed by atoms with Crippen molar-refractivity contribution in [3.8, 4) is 0 Å². The predicted molar refractivity (Wildman–Crippen MR) is 292 cm³/mol. The number of hydrogen-bond acceptors (Lipinski definition) is 13. The van der Waals surface area contributed by atoms with Gasteiger partial charge in [-0.05, 0) is 80.6 Å². The van der Waals surface area contributed by atoms with Crippen molar-refractivity contribution in [2.75, 3.05) is 41.4 Å². The zero-order valence-corrected chi connectivity index (χ0v) is 47.6. The van der Waals surface area contributed by atoms with Gasteiger partial charge in [-0.2, -0.15) is 0 Å². The number of hydroxylamine groups is 2. The van der Waals surface area contributed by atoms with Crippen LogP contribution in [0.4, 0.5) is 0 Å². The highest BCUT2D eigenvalue weighted by molar-refractivity contribution is 6.01. The number of likely N-dealkylation sites (N-methyl/N-ethyl adjacent to an activating group) is 2. The lowest BCUT2D eigenvalue weighted by molar-refractivity contribution is -0.197. The van der Waals surface area contributed by atoms with Crippen LogP contribution in [0.2, 0.25) is 0 Å². The normalized spacial score (nSPS) is 18.1. The van der Waals surface area contributed by atoms with E-state index >= 15 is 0 Å². The van der Waals surface area contributed by atoms with Gasteiger partial charge in [-0.1, -0.05) is 110 Å². The van der Waals surface area contributed by atoms with Crippen LogP contribution in [-0.2, 0) is 70.4 Å². The molecule has 0 saturated carbocycles. The smallest absolute Gasteiger partial charge is 0.333 e. The maximum atomic E-state index is 14.8. The van der Waals surface area contributed by atoms with E-state index in [1.165, 1.54) is 0 Å². The van der Waals surface area contributed by atoms with Crippen LogP contribution in [0.1, 0.15) is 137 Å². The number of carbonyl (C=O) groups is 8. The van der Waals surface area contributed by atoms with Gasteiger partial charge in [0.05, 0.1) is 42.7 Å². The standard InChI is InChI=1S/C60H87N5O12/c1-12-40(6)57(63(9)59(72)46(38(2)3)34-50(67)56(39(4)5)62(8)30-20-14-17-27-55(71)77-65-52(68)28-29-53(65)69)51(74-10)35-54(70)64-31-21-26-48(64)58(75-11)41(7)49(66)33-43(60(73)76-37-42-22-15-13-16-23-42)32-44-36-61-47-25-19-18-24-45(44)47/h13,15-16,18-19,22-25,36,38-41,43,46,48,51,56-58,61H,12,14,17,20-21,26-35,37H2,1-11H3/t40-,41-,43+,46-,48-,51+,56-,57-,58+/m0/s1. The maximum Gasteiger partial charge on any atom is 0.333 e. The number of rotatable bonds is 32. The number of nitrogens with zero attached hydrogens (tertiary/aromatic N) is 4. The second-order valence-corrected chi connectivity index (χ2v) is 22.2. The molecule has 4 amide bonds. The van der Waals surface area contributed by atoms with Gasteiger partial charge in [0.1, 0.15) is 12.4 Å². The van der Waals surface area contributed by atoms with Crippen molar-refractivity contribution in [3.05, 3.63) is 71.9 Å². The van der Waals surface area contributed by atoms with Crippen LogP contribution in [0.5, 0.6) is 0 Å². The summed E-state index contributed by atoms with van der Waals surface area (Å²) in [6.45, 7) is 14.9. The van der Waals surface area contributed by atoms with E-state index in [4.69, 9.17) is 19.0 Å². The number of benzene rings is 2. The second kappa shape index (κ2) is 29.8. The molecule has 424 valence electrons. The molecule has 0 bridgehead atoms. The highest BCUT2D eigenvalue weighted by Gasteiger charge is 2.44. The monoisotopic (exact) mass is 1070 g/mol. The predicted octanol–water partition coefficient (Wildman–Crippen LogP) is 8.30. The zero-order valence-electron chi connectivity index (χ0n) is 47.6. The van der Waals surface area contributed by atoms with Gasteiger partial charge >= 0.3 is 11.9 Å². The number of hydrogen-bond donors (Lipinski definition) is 1. The van der Waals surface area contributed by atoms with E-state index in [0.717, 1.165) is 22.0 Å². The Morgan fingerprint density at radius 1 is 0.792 bits per heavy atom. The molecule has 0 spiro atoms. The van der Waals surface area contributed by atoms with Crippen LogP contribution < -0.4 is 0 Å². The number of para-hydroxylation sites is 1. The first-order valence-electron chi connectivity index (χ1n) is 27.9. The number of unbranched alkanes of at least 4 members (excludes halogenated alkanes) is 2. The van der Waals surface area contributed by atoms with Gasteiger partial charge in [-0.25, -0.2) is 4.79 Å². The van der Waals surface area contributed by atoms with Crippen LogP contribution in [-0.4, -0.2) is 144 Å². The minimum Gasteiger partial charge on any atom is -0.461 e. The summed E-state index contributed by atoms with van der Waals surface area (Å²) in [5, 5.41) is 1.53. The molecule has 77 heavy (non-hydrogen) atoms. The second-order valence-electron chi connectivity index (χ2n) is 22.2. The third-order valence-corrected chi connectivity index (χ3v) is 16.1. The topological polar surface area (TPSA) is 202 Å². The Hall–Kier alpha value is -5.78. The number of imide groups is 1. The third kappa shape index (κ3) is 16.6. The van der Waals surface area contributed by atoms with Crippen LogP contribution in [0, 0.1) is 35.5 Å². The Bertz CT molecular complexity index is 2440. The number of Topliss-reactive ketones (excluding diaryl/α,β-unsaturated/α-hetero) is 2. The van der Waals surface area contributed by atoms with Crippen LogP contribution in [0.3, 0.4) is 0 Å². The Balaban J connectivity index is 1.22. The average molecular weight is 1070 g/mol. The van der Waals surface area contributed by atoms with Gasteiger partial charge in [-0.3, -0.25) is 38.5 Å². The number of H-pyrrole nitrogens is 1. The minimum atomic E-state index is -0.767. The minimum absolute atomic E-state index is 0.0250. The summed E-state index contributed by atoms with van der Waals surface area (Å²) in [6, 6.07) is 15.9. The van der Waals surface area contributed by atoms with Crippen molar-refractivity contribution in [1.82, 2.24) is 24.7 Å². The summed E-state index contributed by atoms with van der Waals surface area (Å²) < 4.78 is 18.1. The lowest BCUT2D eigenvalue weighted by Crippen LogP contribution is -2.54. The average Bonchev–Trinajstić information content (AvgIpc) is 4.15. The van der Waals surface area contributed by atoms with Gasteiger partial charge in [0.25, 0.3) is 11.8 Å². The van der Waals surface area contributed by atoms with Crippen molar-refractivity contribution >= 4 is 58.0 Å². The van der Waals surface area contributed by atoms with E-state index in [9.17, 15) is 38.4 Å². The number of carbonyl (C=O) groups excluding carboxylic acids is 8. The van der Waals surface area contributed by atoms with E-state index < -0.39 is 71.8 Å². The summed E-state index contributed by atoms with van der Waals surface area (Å²) >= 11 is 0. The number of nitrogens with one attached hydrogen (secondary N) is 1. The lowest BCUT2D eigenvalue weighted by Gasteiger charge is -2.41. The molecule has 2 saturated heterocycles. The lowest BCUT2D eigenvalue weighted by atomic mass is 9.83. The highest BCUT2D eigenvalue weighted by atomic mass is 16.7. The summed E-state index contributed by atoms with van der Waals surface area (Å²) in [5.74, 6) is -5.10. The number of ketones is 2. The number of esters is 1. The molecule has 17 nitrogen and oxygen atoms in total. The molecule has 2 fully saturated rings. The molecule has 5 rings (SSSR count). The Morgan fingerprint density at radius 2 is 1.47 bits per heavy atom. The summed E-state index contributed by atoms with van der Waals surface area (Å²) in [5.41, 5.74) is 2.68. The molecule has 0 unspecified atom stereocenters. The summed E-state index contributed by atoms with van der Waals surface area (Å²) in [4.78, 5) is 122. The molecule has 2 aliphatic heterocycles. The largest absolute Gasteiger partial charge is 0.461 e. The zero-order chi connectivity index (χ0) is 56.5. The van der Waals surface area contributed by atoms with Crippen molar-refractivity contribution < 1.29 is 57.4 Å². The third-order valence-electron chi connectivity index (χ3n) is 16.1. The molecule has 1 N–H and O–H groups in total. The quantitative estimate of drug-likeness (QED) is 0.0356. The van der Waals surface area contributed by atoms with Crippen LogP contribution in [0.25, 0.3) is 10.9 Å². The fraction of sp³-hybridized carbons (Fsp3) is 0.633. The Morgan fingerprint density at radius 3 is 2.10 bits per heavy atom. The molecule has 0 radical (unpaired) electrons. The van der Waals surface area contributed by atoms with Gasteiger partial charge in [-0.15, -0.1) is 5.06 Å². The highest BCUT2D eigenvalue weighted by Crippen LogP contribution is 2.33. The van der Waals surface area contributed by atoms with Gasteiger partial charge in [0, 0.05) is 88.9 Å².